The van der Waals surface area contributed by atoms with Crippen LogP contribution in [0.4, 0.5) is 11.4 Å². The largest absolute Gasteiger partial charge is 0.302 e. The molecule has 0 aliphatic carbocycles. The number of hydrogen-bond donors (Lipinski definition) is 0. The number of thiophene rings is 1. The summed E-state index contributed by atoms with van der Waals surface area (Å²) in [4.78, 5) is 10.1. The van der Waals surface area contributed by atoms with Gasteiger partial charge in [-0.2, -0.15) is 0 Å². The lowest BCUT2D eigenvalue weighted by molar-refractivity contribution is 0.578. The number of fused-ring (bicyclic) bond motifs is 16. The van der Waals surface area contributed by atoms with Crippen LogP contribution >= 0.6 is 11.3 Å². The Kier molecular flexibility index (Phi) is 4.50. The highest BCUT2D eigenvalue weighted by Gasteiger charge is 2.42. The second kappa shape index (κ2) is 8.37. The van der Waals surface area contributed by atoms with Crippen LogP contribution in [-0.2, 0) is 0 Å². The van der Waals surface area contributed by atoms with Gasteiger partial charge in [-0.3, -0.25) is 4.48 Å². The minimum atomic E-state index is 0.654. The van der Waals surface area contributed by atoms with Crippen molar-refractivity contribution in [3.05, 3.63) is 121 Å². The molecule has 0 spiro atoms. The zero-order valence-electron chi connectivity index (χ0n) is 25.2. The van der Waals surface area contributed by atoms with Crippen LogP contribution in [0, 0.1) is 0 Å². The summed E-state index contributed by atoms with van der Waals surface area (Å²) in [5, 5.41) is 7.08. The standard InChI is InChI=1S/C40H26N5S/c1-45(2)38-28-13-3-5-15-31(28)43-26-11-7-9-23(19-26)24-17-18-33-30(21-24)35-34(46-33)22-41-40(42-35)25-10-8-12-27(20-25)44-32-16-6-4-14-29(32)39(45)37(44)36(38)43/h3-22H,1-2H3/q+1. The van der Waals surface area contributed by atoms with Crippen LogP contribution < -0.4 is 4.48 Å². The van der Waals surface area contributed by atoms with Gasteiger partial charge in [0.2, 0.25) is 0 Å². The zero-order chi connectivity index (χ0) is 30.3. The summed E-state index contributed by atoms with van der Waals surface area (Å²) in [6.07, 6.45) is 1.99. The second-order valence-electron chi connectivity index (χ2n) is 12.9. The lowest BCUT2D eigenvalue weighted by Crippen LogP contribution is -2.32. The van der Waals surface area contributed by atoms with Crippen LogP contribution in [0.2, 0.25) is 0 Å². The van der Waals surface area contributed by atoms with Crippen molar-refractivity contribution in [1.82, 2.24) is 23.3 Å². The molecule has 5 nitrogen and oxygen atoms in total. The van der Waals surface area contributed by atoms with Crippen molar-refractivity contribution in [2.45, 2.75) is 0 Å². The zero-order valence-corrected chi connectivity index (χ0v) is 26.0. The van der Waals surface area contributed by atoms with E-state index in [0.29, 0.717) is 4.48 Å². The fourth-order valence-electron chi connectivity index (χ4n) is 8.15. The summed E-state index contributed by atoms with van der Waals surface area (Å²) in [6, 6.07) is 42.3. The second-order valence-corrected chi connectivity index (χ2v) is 14.0. The molecule has 0 saturated heterocycles. The van der Waals surface area contributed by atoms with E-state index < -0.39 is 0 Å². The average molecular weight is 609 g/mol. The quantitative estimate of drug-likeness (QED) is 0.161. The van der Waals surface area contributed by atoms with E-state index in [1.165, 1.54) is 65.1 Å². The molecule has 5 aromatic carbocycles. The summed E-state index contributed by atoms with van der Waals surface area (Å²) >= 11 is 1.75. The Morgan fingerprint density at radius 1 is 0.565 bits per heavy atom. The van der Waals surface area contributed by atoms with E-state index in [1.54, 1.807) is 11.3 Å². The highest BCUT2D eigenvalue weighted by Crippen LogP contribution is 2.55. The van der Waals surface area contributed by atoms with Gasteiger partial charge in [0.25, 0.3) is 0 Å². The number of benzene rings is 5. The number of hydrogen-bond acceptors (Lipinski definition) is 3. The first kappa shape index (κ1) is 24.7. The van der Waals surface area contributed by atoms with E-state index in [-0.39, 0.29) is 0 Å². The molecule has 8 bridgehead atoms. The van der Waals surface area contributed by atoms with Gasteiger partial charge in [-0.15, -0.1) is 11.3 Å². The molecule has 0 atom stereocenters. The van der Waals surface area contributed by atoms with Gasteiger partial charge in [0, 0.05) is 32.7 Å². The maximum atomic E-state index is 5.21. The molecule has 0 saturated carbocycles. The van der Waals surface area contributed by atoms with Gasteiger partial charge < -0.3 is 8.80 Å². The van der Waals surface area contributed by atoms with Gasteiger partial charge >= 0.3 is 0 Å². The van der Waals surface area contributed by atoms with Gasteiger partial charge in [-0.25, -0.2) is 9.97 Å². The van der Waals surface area contributed by atoms with Gasteiger partial charge in [0.05, 0.1) is 46.1 Å². The lowest BCUT2D eigenvalue weighted by atomic mass is 10.1. The van der Waals surface area contributed by atoms with E-state index in [4.69, 9.17) is 9.97 Å². The predicted octanol–water partition coefficient (Wildman–Crippen LogP) is 10.5. The molecule has 0 unspecified atom stereocenters. The van der Waals surface area contributed by atoms with Crippen LogP contribution in [0.15, 0.2) is 121 Å². The van der Waals surface area contributed by atoms with E-state index in [1.807, 2.05) is 6.20 Å². The minimum Gasteiger partial charge on any atom is -0.302 e. The minimum absolute atomic E-state index is 0.654. The third kappa shape index (κ3) is 2.98. The Labute approximate surface area is 266 Å². The summed E-state index contributed by atoms with van der Waals surface area (Å²) < 4.78 is 7.95. The highest BCUT2D eigenvalue weighted by molar-refractivity contribution is 7.25. The molecule has 0 amide bonds. The summed E-state index contributed by atoms with van der Waals surface area (Å²) in [6.45, 7) is 0. The molecular formula is C40H26N5S+. The third-order valence-electron chi connectivity index (χ3n) is 10.0. The lowest BCUT2D eigenvalue weighted by Gasteiger charge is -2.24. The van der Waals surface area contributed by atoms with Gasteiger partial charge in [0.1, 0.15) is 11.0 Å². The molecule has 6 heterocycles. The van der Waals surface area contributed by atoms with Gasteiger partial charge in [-0.1, -0.05) is 54.6 Å². The first-order valence-electron chi connectivity index (χ1n) is 15.6. The Morgan fingerprint density at radius 2 is 1.17 bits per heavy atom. The van der Waals surface area contributed by atoms with Crippen molar-refractivity contribution in [3.63, 3.8) is 0 Å². The maximum absolute atomic E-state index is 5.21. The molecular weight excluding hydrogens is 583 g/mol. The normalized spacial score (nSPS) is 14.0. The van der Waals surface area contributed by atoms with Crippen molar-refractivity contribution in [2.24, 2.45) is 0 Å². The Balaban J connectivity index is 1.53. The third-order valence-corrected chi connectivity index (χ3v) is 11.1. The maximum Gasteiger partial charge on any atom is 0.173 e. The van der Waals surface area contributed by atoms with Gasteiger partial charge in [-0.05, 0) is 71.4 Å². The molecule has 216 valence electrons. The molecule has 11 rings (SSSR count). The van der Waals surface area contributed by atoms with Crippen molar-refractivity contribution in [3.8, 4) is 0 Å². The monoisotopic (exact) mass is 608 g/mol. The van der Waals surface area contributed by atoms with Crippen molar-refractivity contribution in [1.29, 1.82) is 0 Å². The fraction of sp³-hybridized carbons (Fsp3) is 0.0500. The van der Waals surface area contributed by atoms with Crippen LogP contribution in [-0.4, -0.2) is 32.9 Å². The Hall–Kier alpha value is -5.56. The molecule has 5 aromatic heterocycles. The van der Waals surface area contributed by atoms with Gasteiger partial charge in [0.15, 0.2) is 17.0 Å². The number of para-hydroxylation sites is 2. The van der Waals surface area contributed by atoms with E-state index in [9.17, 15) is 0 Å². The van der Waals surface area contributed by atoms with E-state index in [2.05, 4.69) is 138 Å². The van der Waals surface area contributed by atoms with Crippen LogP contribution in [0.25, 0.3) is 86.0 Å². The predicted molar refractivity (Wildman–Crippen MR) is 195 cm³/mol. The van der Waals surface area contributed by atoms with Crippen molar-refractivity contribution < 1.29 is 0 Å². The number of rotatable bonds is 0. The Morgan fingerprint density at radius 3 is 1.87 bits per heavy atom. The smallest absolute Gasteiger partial charge is 0.173 e. The molecule has 1 aliphatic heterocycles. The molecule has 6 heteroatoms. The van der Waals surface area contributed by atoms with Crippen molar-refractivity contribution >= 4 is 109 Å². The highest BCUT2D eigenvalue weighted by atomic mass is 32.1. The summed E-state index contributed by atoms with van der Waals surface area (Å²) in [5.74, 6) is 0. The summed E-state index contributed by atoms with van der Waals surface area (Å²) in [5.41, 5.74) is 11.5. The topological polar surface area (TPSA) is 34.6 Å². The molecule has 10 aromatic rings. The SMILES string of the molecule is C[N+]1(C)c2c3ccccc3n3c4cccc(c4)c4ccc5sc6cnc(nc6c5c4)c4cccc(c4)n4c5ccccc5c1c4c23. The fourth-order valence-corrected chi connectivity index (χ4v) is 9.15. The first-order valence-corrected chi connectivity index (χ1v) is 16.4. The number of aromatic nitrogens is 4. The molecule has 0 fully saturated rings. The summed E-state index contributed by atoms with van der Waals surface area (Å²) in [7, 11) is 4.67. The molecule has 0 N–H and O–H groups in total. The Bertz CT molecular complexity index is 2860. The number of quaternary nitrogens is 1. The van der Waals surface area contributed by atoms with E-state index in [0.717, 1.165) is 32.3 Å². The molecule has 46 heavy (non-hydrogen) atoms. The number of nitrogens with zero attached hydrogens (tertiary/aromatic N) is 5. The van der Waals surface area contributed by atoms with Crippen LogP contribution in [0.5, 0.6) is 0 Å². The molecule has 1 aliphatic rings. The molecule has 0 radical (unpaired) electrons. The first-order chi connectivity index (χ1) is 22.6. The van der Waals surface area contributed by atoms with Crippen molar-refractivity contribution in [2.75, 3.05) is 14.1 Å². The van der Waals surface area contributed by atoms with E-state index >= 15 is 0 Å². The average Bonchev–Trinajstić information content (AvgIpc) is 3.80. The van der Waals surface area contributed by atoms with Crippen LogP contribution in [0.1, 0.15) is 0 Å². The van der Waals surface area contributed by atoms with Crippen LogP contribution in [0.3, 0.4) is 0 Å².